The van der Waals surface area contributed by atoms with Crippen LogP contribution in [-0.4, -0.2) is 9.78 Å². The number of nitrogens with two attached hydrogens (primary N) is 1. The average molecular weight is 201 g/mol. The maximum absolute atomic E-state index is 5.98. The second kappa shape index (κ2) is 3.77. The van der Waals surface area contributed by atoms with Crippen LogP contribution in [0.25, 0.3) is 5.69 Å². The van der Waals surface area contributed by atoms with Crippen LogP contribution in [0.3, 0.4) is 0 Å². The van der Waals surface area contributed by atoms with Crippen molar-refractivity contribution in [1.82, 2.24) is 9.78 Å². The third-order valence-electron chi connectivity index (χ3n) is 2.55. The second-order valence-electron chi connectivity index (χ2n) is 3.66. The highest BCUT2D eigenvalue weighted by atomic mass is 15.3. The number of hydrogen-bond acceptors (Lipinski definition) is 2. The van der Waals surface area contributed by atoms with E-state index in [2.05, 4.69) is 31.1 Å². The summed E-state index contributed by atoms with van der Waals surface area (Å²) >= 11 is 0. The summed E-state index contributed by atoms with van der Waals surface area (Å²) in [6.07, 6.45) is 2.74. The van der Waals surface area contributed by atoms with Crippen molar-refractivity contribution < 1.29 is 0 Å². The number of aromatic nitrogens is 2. The van der Waals surface area contributed by atoms with Crippen molar-refractivity contribution in [2.75, 3.05) is 5.73 Å². The van der Waals surface area contributed by atoms with Gasteiger partial charge < -0.3 is 5.73 Å². The third kappa shape index (κ3) is 1.73. The SMILES string of the molecule is CCc1cnn(-c2ccc(C)cc2)c1N. The Labute approximate surface area is 89.5 Å². The first-order valence-corrected chi connectivity index (χ1v) is 5.11. The zero-order valence-corrected chi connectivity index (χ0v) is 9.07. The molecule has 0 radical (unpaired) electrons. The quantitative estimate of drug-likeness (QED) is 0.810. The summed E-state index contributed by atoms with van der Waals surface area (Å²) in [7, 11) is 0. The molecule has 0 fully saturated rings. The second-order valence-corrected chi connectivity index (χ2v) is 3.66. The van der Waals surface area contributed by atoms with Gasteiger partial charge in [-0.15, -0.1) is 0 Å². The Hall–Kier alpha value is -1.77. The van der Waals surface area contributed by atoms with E-state index in [0.717, 1.165) is 23.5 Å². The Bertz CT molecular complexity index is 454. The largest absolute Gasteiger partial charge is 0.383 e. The van der Waals surface area contributed by atoms with Crippen LogP contribution >= 0.6 is 0 Å². The molecule has 1 aromatic heterocycles. The topological polar surface area (TPSA) is 43.8 Å². The van der Waals surface area contributed by atoms with E-state index in [0.29, 0.717) is 0 Å². The number of rotatable bonds is 2. The molecule has 0 atom stereocenters. The van der Waals surface area contributed by atoms with Crippen molar-refractivity contribution in [2.45, 2.75) is 20.3 Å². The molecule has 0 saturated heterocycles. The maximum atomic E-state index is 5.98. The van der Waals surface area contributed by atoms with Crippen LogP contribution in [0, 0.1) is 6.92 Å². The Kier molecular flexibility index (Phi) is 2.46. The number of nitrogens with zero attached hydrogens (tertiary/aromatic N) is 2. The molecule has 0 amide bonds. The number of anilines is 1. The molecule has 3 nitrogen and oxygen atoms in total. The molecule has 2 rings (SSSR count). The van der Waals surface area contributed by atoms with Gasteiger partial charge in [-0.25, -0.2) is 4.68 Å². The van der Waals surface area contributed by atoms with E-state index in [1.165, 1.54) is 5.56 Å². The lowest BCUT2D eigenvalue weighted by Crippen LogP contribution is -2.02. The summed E-state index contributed by atoms with van der Waals surface area (Å²) in [5.74, 6) is 0.737. The van der Waals surface area contributed by atoms with Gasteiger partial charge in [0, 0.05) is 5.56 Å². The third-order valence-corrected chi connectivity index (χ3v) is 2.55. The fraction of sp³-hybridized carbons (Fsp3) is 0.250. The molecule has 0 spiro atoms. The molecule has 0 aliphatic heterocycles. The molecule has 0 saturated carbocycles. The predicted octanol–water partition coefficient (Wildman–Crippen LogP) is 2.33. The van der Waals surface area contributed by atoms with Crippen molar-refractivity contribution in [3.8, 4) is 5.69 Å². The molecular formula is C12H15N3. The molecule has 0 unspecified atom stereocenters. The minimum absolute atomic E-state index is 0.737. The van der Waals surface area contributed by atoms with Gasteiger partial charge in [0.2, 0.25) is 0 Å². The van der Waals surface area contributed by atoms with Gasteiger partial charge in [-0.1, -0.05) is 24.6 Å². The van der Waals surface area contributed by atoms with E-state index < -0.39 is 0 Å². The molecule has 78 valence electrons. The van der Waals surface area contributed by atoms with E-state index in [-0.39, 0.29) is 0 Å². The first-order chi connectivity index (χ1) is 7.22. The van der Waals surface area contributed by atoms with E-state index in [1.807, 2.05) is 18.3 Å². The summed E-state index contributed by atoms with van der Waals surface area (Å²) in [5, 5.41) is 4.28. The van der Waals surface area contributed by atoms with Crippen LogP contribution in [-0.2, 0) is 6.42 Å². The summed E-state index contributed by atoms with van der Waals surface area (Å²) in [4.78, 5) is 0. The van der Waals surface area contributed by atoms with Crippen LogP contribution in [0.4, 0.5) is 5.82 Å². The zero-order chi connectivity index (χ0) is 10.8. The summed E-state index contributed by atoms with van der Waals surface area (Å²) < 4.78 is 1.78. The van der Waals surface area contributed by atoms with Gasteiger partial charge in [0.1, 0.15) is 5.82 Å². The molecule has 15 heavy (non-hydrogen) atoms. The molecule has 0 bridgehead atoms. The smallest absolute Gasteiger partial charge is 0.130 e. The van der Waals surface area contributed by atoms with Crippen molar-refractivity contribution in [2.24, 2.45) is 0 Å². The number of benzene rings is 1. The number of aryl methyl sites for hydroxylation is 2. The Morgan fingerprint density at radius 2 is 1.93 bits per heavy atom. The standard InChI is InChI=1S/C12H15N3/c1-3-10-8-14-15(12(10)13)11-6-4-9(2)5-7-11/h4-8H,3,13H2,1-2H3. The van der Waals surface area contributed by atoms with E-state index in [4.69, 9.17) is 5.73 Å². The van der Waals surface area contributed by atoms with E-state index in [9.17, 15) is 0 Å². The Morgan fingerprint density at radius 1 is 1.27 bits per heavy atom. The van der Waals surface area contributed by atoms with Crippen LogP contribution in [0.1, 0.15) is 18.1 Å². The van der Waals surface area contributed by atoms with Gasteiger partial charge in [0.15, 0.2) is 0 Å². The lowest BCUT2D eigenvalue weighted by Gasteiger charge is -2.04. The van der Waals surface area contributed by atoms with Crippen LogP contribution < -0.4 is 5.73 Å². The van der Waals surface area contributed by atoms with Crippen LogP contribution in [0.15, 0.2) is 30.5 Å². The highest BCUT2D eigenvalue weighted by molar-refractivity contribution is 5.47. The van der Waals surface area contributed by atoms with E-state index in [1.54, 1.807) is 4.68 Å². The lowest BCUT2D eigenvalue weighted by atomic mass is 10.2. The average Bonchev–Trinajstić information content (AvgIpc) is 2.61. The normalized spacial score (nSPS) is 10.5. The predicted molar refractivity (Wildman–Crippen MR) is 62.1 cm³/mol. The molecule has 1 heterocycles. The van der Waals surface area contributed by atoms with Crippen molar-refractivity contribution in [3.63, 3.8) is 0 Å². The minimum atomic E-state index is 0.737. The molecule has 0 aliphatic carbocycles. The number of hydrogen-bond donors (Lipinski definition) is 1. The van der Waals surface area contributed by atoms with Gasteiger partial charge in [-0.05, 0) is 25.5 Å². The van der Waals surface area contributed by atoms with Gasteiger partial charge in [0.25, 0.3) is 0 Å². The number of nitrogen functional groups attached to an aromatic ring is 1. The highest BCUT2D eigenvalue weighted by Crippen LogP contribution is 2.17. The van der Waals surface area contributed by atoms with E-state index >= 15 is 0 Å². The first kappa shape index (κ1) is 9.77. The molecule has 2 aromatic rings. The fourth-order valence-electron chi connectivity index (χ4n) is 1.56. The van der Waals surface area contributed by atoms with Crippen molar-refractivity contribution in [3.05, 3.63) is 41.6 Å². The Morgan fingerprint density at radius 3 is 2.47 bits per heavy atom. The monoisotopic (exact) mass is 201 g/mol. The summed E-state index contributed by atoms with van der Waals surface area (Å²) in [5.41, 5.74) is 9.33. The Balaban J connectivity index is 2.45. The fourth-order valence-corrected chi connectivity index (χ4v) is 1.56. The molecule has 3 heteroatoms. The van der Waals surface area contributed by atoms with Crippen LogP contribution in [0.5, 0.6) is 0 Å². The highest BCUT2D eigenvalue weighted by Gasteiger charge is 2.06. The van der Waals surface area contributed by atoms with Gasteiger partial charge in [-0.3, -0.25) is 0 Å². The molecular weight excluding hydrogens is 186 g/mol. The lowest BCUT2D eigenvalue weighted by molar-refractivity contribution is 0.890. The molecule has 0 aliphatic rings. The maximum Gasteiger partial charge on any atom is 0.130 e. The van der Waals surface area contributed by atoms with Gasteiger partial charge in [0.05, 0.1) is 11.9 Å². The van der Waals surface area contributed by atoms with Gasteiger partial charge in [-0.2, -0.15) is 5.10 Å². The first-order valence-electron chi connectivity index (χ1n) is 5.11. The zero-order valence-electron chi connectivity index (χ0n) is 9.07. The molecule has 2 N–H and O–H groups in total. The van der Waals surface area contributed by atoms with Crippen LogP contribution in [0.2, 0.25) is 0 Å². The minimum Gasteiger partial charge on any atom is -0.383 e. The van der Waals surface area contributed by atoms with Crippen molar-refractivity contribution >= 4 is 5.82 Å². The summed E-state index contributed by atoms with van der Waals surface area (Å²) in [6.45, 7) is 4.14. The van der Waals surface area contributed by atoms with Gasteiger partial charge >= 0.3 is 0 Å². The van der Waals surface area contributed by atoms with Crippen molar-refractivity contribution in [1.29, 1.82) is 0 Å². The summed E-state index contributed by atoms with van der Waals surface area (Å²) in [6, 6.07) is 8.17. The molecule has 1 aromatic carbocycles.